The summed E-state index contributed by atoms with van der Waals surface area (Å²) in [6.45, 7) is -0.435. The third-order valence-corrected chi connectivity index (χ3v) is 3.89. The SMILES string of the molecule is OC1c2c(C(F)(F)F)cn(Cc3cc(F)cc(F)c3)c2CC1(F)F. The molecule has 0 aliphatic heterocycles. The molecule has 0 radical (unpaired) electrons. The van der Waals surface area contributed by atoms with Gasteiger partial charge < -0.3 is 9.67 Å². The first-order valence-electron chi connectivity index (χ1n) is 6.79. The fraction of sp³-hybridized carbons (Fsp3) is 0.333. The summed E-state index contributed by atoms with van der Waals surface area (Å²) in [5.41, 5.74) is -2.68. The molecule has 0 amide bonds. The molecule has 2 aromatic rings. The number of fused-ring (bicyclic) bond motifs is 1. The van der Waals surface area contributed by atoms with Crippen LogP contribution in [0.5, 0.6) is 0 Å². The van der Waals surface area contributed by atoms with E-state index in [0.717, 1.165) is 16.7 Å². The van der Waals surface area contributed by atoms with Crippen molar-refractivity contribution in [1.82, 2.24) is 4.57 Å². The number of hydrogen-bond donors (Lipinski definition) is 1. The molecule has 1 unspecified atom stereocenters. The molecule has 2 nitrogen and oxygen atoms in total. The highest BCUT2D eigenvalue weighted by molar-refractivity contribution is 5.43. The number of benzene rings is 1. The highest BCUT2D eigenvalue weighted by Crippen LogP contribution is 2.49. The average Bonchev–Trinajstić information content (AvgIpc) is 2.85. The number of aromatic nitrogens is 1. The quantitative estimate of drug-likeness (QED) is 0.810. The lowest BCUT2D eigenvalue weighted by atomic mass is 10.1. The van der Waals surface area contributed by atoms with Crippen molar-refractivity contribution in [3.8, 4) is 0 Å². The number of halogens is 7. The third kappa shape index (κ3) is 2.77. The van der Waals surface area contributed by atoms with Gasteiger partial charge in [0.15, 0.2) is 0 Å². The van der Waals surface area contributed by atoms with E-state index in [9.17, 15) is 35.8 Å². The lowest BCUT2D eigenvalue weighted by Gasteiger charge is -2.16. The van der Waals surface area contributed by atoms with Gasteiger partial charge in [-0.2, -0.15) is 13.2 Å². The number of nitrogens with zero attached hydrogens (tertiary/aromatic N) is 1. The molecule has 3 rings (SSSR count). The van der Waals surface area contributed by atoms with Crippen molar-refractivity contribution in [2.75, 3.05) is 0 Å². The number of aliphatic hydroxyl groups excluding tert-OH is 1. The summed E-state index contributed by atoms with van der Waals surface area (Å²) in [4.78, 5) is 0. The Labute approximate surface area is 131 Å². The monoisotopic (exact) mass is 353 g/mol. The topological polar surface area (TPSA) is 25.2 Å². The molecule has 1 N–H and O–H groups in total. The highest BCUT2D eigenvalue weighted by Gasteiger charge is 2.53. The maximum Gasteiger partial charge on any atom is 0.418 e. The molecule has 1 heterocycles. The van der Waals surface area contributed by atoms with Gasteiger partial charge in [-0.1, -0.05) is 0 Å². The zero-order valence-corrected chi connectivity index (χ0v) is 11.8. The Morgan fingerprint density at radius 3 is 2.25 bits per heavy atom. The van der Waals surface area contributed by atoms with Gasteiger partial charge >= 0.3 is 6.18 Å². The summed E-state index contributed by atoms with van der Waals surface area (Å²) < 4.78 is 93.7. The molecular formula is C15H10F7NO. The largest absolute Gasteiger partial charge is 0.418 e. The van der Waals surface area contributed by atoms with Crippen LogP contribution in [0.25, 0.3) is 0 Å². The normalized spacial score (nSPS) is 19.6. The molecule has 0 bridgehead atoms. The van der Waals surface area contributed by atoms with Gasteiger partial charge in [-0.25, -0.2) is 17.6 Å². The Hall–Kier alpha value is -2.03. The summed E-state index contributed by atoms with van der Waals surface area (Å²) in [6, 6.07) is 2.38. The van der Waals surface area contributed by atoms with E-state index in [4.69, 9.17) is 0 Å². The van der Waals surface area contributed by atoms with Gasteiger partial charge in [0.05, 0.1) is 12.0 Å². The molecule has 0 saturated carbocycles. The molecule has 0 spiro atoms. The Morgan fingerprint density at radius 1 is 1.12 bits per heavy atom. The van der Waals surface area contributed by atoms with Crippen LogP contribution in [0, 0.1) is 11.6 Å². The number of hydrogen-bond acceptors (Lipinski definition) is 1. The minimum absolute atomic E-state index is 0.0243. The molecular weight excluding hydrogens is 343 g/mol. The zero-order valence-electron chi connectivity index (χ0n) is 11.8. The molecule has 9 heteroatoms. The van der Waals surface area contributed by atoms with Crippen LogP contribution in [0.1, 0.15) is 28.5 Å². The van der Waals surface area contributed by atoms with Gasteiger partial charge in [0.25, 0.3) is 5.92 Å². The van der Waals surface area contributed by atoms with Crippen molar-refractivity contribution in [2.45, 2.75) is 31.2 Å². The van der Waals surface area contributed by atoms with Crippen molar-refractivity contribution in [2.24, 2.45) is 0 Å². The maximum atomic E-state index is 13.6. The number of alkyl halides is 5. The van der Waals surface area contributed by atoms with E-state index in [1.165, 1.54) is 0 Å². The lowest BCUT2D eigenvalue weighted by Crippen LogP contribution is -2.24. The first-order chi connectivity index (χ1) is 11.0. The van der Waals surface area contributed by atoms with E-state index >= 15 is 0 Å². The van der Waals surface area contributed by atoms with Crippen molar-refractivity contribution < 1.29 is 35.8 Å². The molecule has 1 aromatic heterocycles. The first-order valence-corrected chi connectivity index (χ1v) is 6.79. The molecule has 0 fully saturated rings. The third-order valence-electron chi connectivity index (χ3n) is 3.89. The summed E-state index contributed by atoms with van der Waals surface area (Å²) in [5.74, 6) is -5.61. The minimum atomic E-state index is -4.94. The smallest absolute Gasteiger partial charge is 0.382 e. The van der Waals surface area contributed by atoms with Gasteiger partial charge in [-0.05, 0) is 17.7 Å². The Balaban J connectivity index is 2.09. The molecule has 1 aromatic carbocycles. The van der Waals surface area contributed by atoms with Gasteiger partial charge in [-0.15, -0.1) is 0 Å². The summed E-state index contributed by atoms with van der Waals surface area (Å²) in [6.07, 6.45) is -8.03. The second kappa shape index (κ2) is 5.23. The van der Waals surface area contributed by atoms with E-state index in [2.05, 4.69) is 0 Å². The van der Waals surface area contributed by atoms with E-state index in [-0.39, 0.29) is 5.56 Å². The van der Waals surface area contributed by atoms with Crippen LogP contribution in [0.3, 0.4) is 0 Å². The molecule has 0 saturated heterocycles. The van der Waals surface area contributed by atoms with Crippen LogP contribution in [0.15, 0.2) is 24.4 Å². The van der Waals surface area contributed by atoms with Crippen LogP contribution in [-0.4, -0.2) is 15.6 Å². The fourth-order valence-corrected chi connectivity index (χ4v) is 2.91. The fourth-order valence-electron chi connectivity index (χ4n) is 2.91. The van der Waals surface area contributed by atoms with Crippen molar-refractivity contribution >= 4 is 0 Å². The average molecular weight is 353 g/mol. The second-order valence-electron chi connectivity index (χ2n) is 5.65. The highest BCUT2D eigenvalue weighted by atomic mass is 19.4. The predicted molar refractivity (Wildman–Crippen MR) is 68.5 cm³/mol. The van der Waals surface area contributed by atoms with Crippen LogP contribution < -0.4 is 0 Å². The zero-order chi connectivity index (χ0) is 17.9. The van der Waals surface area contributed by atoms with E-state index < -0.39 is 59.6 Å². The van der Waals surface area contributed by atoms with E-state index in [1.54, 1.807) is 0 Å². The van der Waals surface area contributed by atoms with Crippen molar-refractivity contribution in [3.05, 3.63) is 58.4 Å². The van der Waals surface area contributed by atoms with Gasteiger partial charge in [0.1, 0.15) is 17.7 Å². The van der Waals surface area contributed by atoms with Crippen molar-refractivity contribution in [1.29, 1.82) is 0 Å². The predicted octanol–water partition coefficient (Wildman–Crippen LogP) is 4.06. The first kappa shape index (κ1) is 16.8. The second-order valence-corrected chi connectivity index (χ2v) is 5.65. The summed E-state index contributed by atoms with van der Waals surface area (Å²) in [7, 11) is 0. The Bertz CT molecular complexity index is 774. The minimum Gasteiger partial charge on any atom is -0.382 e. The Morgan fingerprint density at radius 2 is 1.71 bits per heavy atom. The van der Waals surface area contributed by atoms with E-state index in [1.807, 2.05) is 0 Å². The number of aliphatic hydroxyl groups is 1. The van der Waals surface area contributed by atoms with E-state index in [0.29, 0.717) is 12.3 Å². The molecule has 1 atom stereocenters. The molecule has 1 aliphatic rings. The number of rotatable bonds is 2. The molecule has 24 heavy (non-hydrogen) atoms. The Kier molecular flexibility index (Phi) is 3.67. The van der Waals surface area contributed by atoms with Gasteiger partial charge in [0.2, 0.25) is 0 Å². The van der Waals surface area contributed by atoms with Crippen LogP contribution >= 0.6 is 0 Å². The molecule has 1 aliphatic carbocycles. The lowest BCUT2D eigenvalue weighted by molar-refractivity contribution is -0.142. The standard InChI is InChI=1S/C15H10F7NO/c16-8-1-7(2-9(17)3-8)5-23-6-10(15(20,21)22)12-11(23)4-14(18,19)13(12)24/h1-3,6,13,24H,4-5H2. The van der Waals surface area contributed by atoms with Gasteiger partial charge in [-0.3, -0.25) is 0 Å². The molecule has 130 valence electrons. The summed E-state index contributed by atoms with van der Waals surface area (Å²) >= 11 is 0. The van der Waals surface area contributed by atoms with Crippen LogP contribution in [0.2, 0.25) is 0 Å². The summed E-state index contributed by atoms with van der Waals surface area (Å²) in [5, 5.41) is 9.54. The maximum absolute atomic E-state index is 13.6. The van der Waals surface area contributed by atoms with Crippen molar-refractivity contribution in [3.63, 3.8) is 0 Å². The van der Waals surface area contributed by atoms with Crippen LogP contribution in [-0.2, 0) is 19.1 Å². The van der Waals surface area contributed by atoms with Gasteiger partial charge in [0, 0.05) is 30.1 Å². The van der Waals surface area contributed by atoms with Crippen LogP contribution in [0.4, 0.5) is 30.7 Å².